The highest BCUT2D eigenvalue weighted by Gasteiger charge is 2.30. The van der Waals surface area contributed by atoms with Gasteiger partial charge in [-0.2, -0.15) is 0 Å². The van der Waals surface area contributed by atoms with Gasteiger partial charge in [-0.15, -0.1) is 11.3 Å². The fourth-order valence-electron chi connectivity index (χ4n) is 2.44. The molecule has 0 bridgehead atoms. The minimum atomic E-state index is 0.183. The van der Waals surface area contributed by atoms with Crippen molar-refractivity contribution in [1.29, 1.82) is 0 Å². The zero-order valence-corrected chi connectivity index (χ0v) is 12.2. The van der Waals surface area contributed by atoms with Gasteiger partial charge in [-0.3, -0.25) is 4.79 Å². The van der Waals surface area contributed by atoms with Crippen molar-refractivity contribution < 1.29 is 4.79 Å². The molecule has 4 nitrogen and oxygen atoms in total. The lowest BCUT2D eigenvalue weighted by molar-refractivity contribution is -0.117. The Kier molecular flexibility index (Phi) is 3.80. The molecule has 1 amide bonds. The van der Waals surface area contributed by atoms with Crippen LogP contribution in [0, 0.1) is 6.92 Å². The quantitative estimate of drug-likeness (QED) is 0.939. The predicted octanol–water partition coefficient (Wildman–Crippen LogP) is 2.35. The molecule has 0 saturated carbocycles. The van der Waals surface area contributed by atoms with Crippen molar-refractivity contribution in [3.05, 3.63) is 46.4 Å². The Balaban J connectivity index is 1.59. The Morgan fingerprint density at radius 1 is 1.40 bits per heavy atom. The van der Waals surface area contributed by atoms with Gasteiger partial charge in [0.25, 0.3) is 0 Å². The molecule has 1 aliphatic heterocycles. The summed E-state index contributed by atoms with van der Waals surface area (Å²) in [5.41, 5.74) is 2.03. The average Bonchev–Trinajstić information content (AvgIpc) is 3.03. The second-order valence-electron chi connectivity index (χ2n) is 4.98. The highest BCUT2D eigenvalue weighted by molar-refractivity contribution is 7.09. The van der Waals surface area contributed by atoms with E-state index in [1.165, 1.54) is 0 Å². The van der Waals surface area contributed by atoms with Crippen LogP contribution in [0.4, 0.5) is 5.69 Å². The number of thiazole rings is 1. The minimum Gasteiger partial charge on any atom is -0.311 e. The third-order valence-electron chi connectivity index (χ3n) is 3.43. The Morgan fingerprint density at radius 2 is 2.20 bits per heavy atom. The number of hydrogen-bond donors (Lipinski definition) is 1. The van der Waals surface area contributed by atoms with E-state index in [4.69, 9.17) is 0 Å². The molecular weight excluding hydrogens is 270 g/mol. The number of para-hydroxylation sites is 1. The summed E-state index contributed by atoms with van der Waals surface area (Å²) in [5, 5.41) is 6.57. The summed E-state index contributed by atoms with van der Waals surface area (Å²) in [6, 6.07) is 10.0. The van der Waals surface area contributed by atoms with Crippen molar-refractivity contribution in [2.75, 3.05) is 11.4 Å². The van der Waals surface area contributed by atoms with Crippen LogP contribution in [0.2, 0.25) is 0 Å². The highest BCUT2D eigenvalue weighted by atomic mass is 32.1. The molecule has 104 valence electrons. The molecule has 1 aromatic carbocycles. The molecule has 3 rings (SSSR count). The third-order valence-corrected chi connectivity index (χ3v) is 4.25. The lowest BCUT2D eigenvalue weighted by Crippen LogP contribution is -2.32. The van der Waals surface area contributed by atoms with E-state index < -0.39 is 0 Å². The number of nitrogens with one attached hydrogen (secondary N) is 1. The molecule has 0 unspecified atom stereocenters. The molecule has 2 heterocycles. The summed E-state index contributed by atoms with van der Waals surface area (Å²) < 4.78 is 0. The standard InChI is InChI=1S/C15H17N3OS/c1-11-17-13(10-20-11)8-16-12-7-15(19)18(9-12)14-5-3-2-4-6-14/h2-6,10,12,16H,7-9H2,1H3/t12-/m1/s1. The van der Waals surface area contributed by atoms with E-state index in [-0.39, 0.29) is 11.9 Å². The number of benzene rings is 1. The predicted molar refractivity (Wildman–Crippen MR) is 80.9 cm³/mol. The van der Waals surface area contributed by atoms with Crippen molar-refractivity contribution in [3.63, 3.8) is 0 Å². The van der Waals surface area contributed by atoms with Gasteiger partial charge < -0.3 is 10.2 Å². The summed E-state index contributed by atoms with van der Waals surface area (Å²) >= 11 is 1.66. The van der Waals surface area contributed by atoms with Gasteiger partial charge >= 0.3 is 0 Å². The molecule has 1 fully saturated rings. The SMILES string of the molecule is Cc1nc(CN[C@@H]2CC(=O)N(c3ccccc3)C2)cs1. The monoisotopic (exact) mass is 287 g/mol. The fraction of sp³-hybridized carbons (Fsp3) is 0.333. The first-order chi connectivity index (χ1) is 9.72. The number of anilines is 1. The Labute approximate surface area is 122 Å². The van der Waals surface area contributed by atoms with Crippen LogP contribution in [0.5, 0.6) is 0 Å². The van der Waals surface area contributed by atoms with E-state index in [2.05, 4.69) is 15.7 Å². The largest absolute Gasteiger partial charge is 0.311 e. The summed E-state index contributed by atoms with van der Waals surface area (Å²) in [5.74, 6) is 0.183. The third kappa shape index (κ3) is 2.89. The van der Waals surface area contributed by atoms with Gasteiger partial charge in [0, 0.05) is 36.6 Å². The van der Waals surface area contributed by atoms with E-state index in [1.807, 2.05) is 42.2 Å². The molecule has 20 heavy (non-hydrogen) atoms. The number of aryl methyl sites for hydroxylation is 1. The number of nitrogens with zero attached hydrogens (tertiary/aromatic N) is 2. The van der Waals surface area contributed by atoms with Gasteiger partial charge in [0.2, 0.25) is 5.91 Å². The van der Waals surface area contributed by atoms with Crippen LogP contribution >= 0.6 is 11.3 Å². The molecule has 1 aliphatic rings. The van der Waals surface area contributed by atoms with Gasteiger partial charge in [0.15, 0.2) is 0 Å². The van der Waals surface area contributed by atoms with Crippen molar-refractivity contribution in [2.24, 2.45) is 0 Å². The second-order valence-corrected chi connectivity index (χ2v) is 6.04. The van der Waals surface area contributed by atoms with Gasteiger partial charge in [0.1, 0.15) is 0 Å². The van der Waals surface area contributed by atoms with Crippen molar-refractivity contribution in [2.45, 2.75) is 25.9 Å². The summed E-state index contributed by atoms with van der Waals surface area (Å²) in [6.45, 7) is 3.46. The number of aromatic nitrogens is 1. The number of hydrogen-bond acceptors (Lipinski definition) is 4. The van der Waals surface area contributed by atoms with E-state index in [0.29, 0.717) is 6.42 Å². The summed E-state index contributed by atoms with van der Waals surface area (Å²) in [7, 11) is 0. The summed E-state index contributed by atoms with van der Waals surface area (Å²) in [4.78, 5) is 18.3. The minimum absolute atomic E-state index is 0.183. The van der Waals surface area contributed by atoms with Crippen LogP contribution in [-0.2, 0) is 11.3 Å². The van der Waals surface area contributed by atoms with Gasteiger partial charge in [-0.05, 0) is 19.1 Å². The summed E-state index contributed by atoms with van der Waals surface area (Å²) in [6.07, 6.45) is 0.554. The normalized spacial score (nSPS) is 18.8. The molecular formula is C15H17N3OS. The first-order valence-electron chi connectivity index (χ1n) is 6.72. The highest BCUT2D eigenvalue weighted by Crippen LogP contribution is 2.21. The lowest BCUT2D eigenvalue weighted by Gasteiger charge is -2.16. The Hall–Kier alpha value is -1.72. The Morgan fingerprint density at radius 3 is 2.90 bits per heavy atom. The zero-order chi connectivity index (χ0) is 13.9. The first kappa shape index (κ1) is 13.3. The molecule has 0 aliphatic carbocycles. The van der Waals surface area contributed by atoms with Crippen molar-refractivity contribution in [3.8, 4) is 0 Å². The molecule has 1 aromatic heterocycles. The van der Waals surface area contributed by atoms with Crippen LogP contribution in [0.15, 0.2) is 35.7 Å². The molecule has 0 spiro atoms. The molecule has 5 heteroatoms. The second kappa shape index (κ2) is 5.73. The maximum absolute atomic E-state index is 12.1. The van der Waals surface area contributed by atoms with Gasteiger partial charge in [-0.25, -0.2) is 4.98 Å². The van der Waals surface area contributed by atoms with Gasteiger partial charge in [-0.1, -0.05) is 18.2 Å². The molecule has 1 saturated heterocycles. The number of amides is 1. The van der Waals surface area contributed by atoms with Gasteiger partial charge in [0.05, 0.1) is 10.7 Å². The first-order valence-corrected chi connectivity index (χ1v) is 7.60. The van der Waals surface area contributed by atoms with Crippen molar-refractivity contribution in [1.82, 2.24) is 10.3 Å². The average molecular weight is 287 g/mol. The molecule has 0 radical (unpaired) electrons. The van der Waals surface area contributed by atoms with Crippen LogP contribution in [0.1, 0.15) is 17.1 Å². The topological polar surface area (TPSA) is 45.2 Å². The fourth-order valence-corrected chi connectivity index (χ4v) is 3.05. The smallest absolute Gasteiger partial charge is 0.228 e. The number of carbonyl (C=O) groups excluding carboxylic acids is 1. The lowest BCUT2D eigenvalue weighted by atomic mass is 10.2. The maximum Gasteiger partial charge on any atom is 0.228 e. The van der Waals surface area contributed by atoms with E-state index >= 15 is 0 Å². The van der Waals surface area contributed by atoms with Crippen LogP contribution in [-0.4, -0.2) is 23.5 Å². The Bertz CT molecular complexity index is 596. The zero-order valence-electron chi connectivity index (χ0n) is 11.4. The van der Waals surface area contributed by atoms with Crippen molar-refractivity contribution >= 4 is 22.9 Å². The molecule has 1 atom stereocenters. The van der Waals surface area contributed by atoms with Crippen LogP contribution < -0.4 is 10.2 Å². The van der Waals surface area contributed by atoms with Crippen LogP contribution in [0.3, 0.4) is 0 Å². The van der Waals surface area contributed by atoms with E-state index in [1.54, 1.807) is 11.3 Å². The number of rotatable bonds is 4. The van der Waals surface area contributed by atoms with Crippen LogP contribution in [0.25, 0.3) is 0 Å². The molecule has 1 N–H and O–H groups in total. The maximum atomic E-state index is 12.1. The van der Waals surface area contributed by atoms with E-state index in [9.17, 15) is 4.79 Å². The van der Waals surface area contributed by atoms with E-state index in [0.717, 1.165) is 29.5 Å². The molecule has 2 aromatic rings. The number of carbonyl (C=O) groups is 1.